The minimum Gasteiger partial charge on any atom is -0.342 e. The van der Waals surface area contributed by atoms with E-state index >= 15 is 0 Å². The van der Waals surface area contributed by atoms with E-state index in [2.05, 4.69) is 22.3 Å². The zero-order chi connectivity index (χ0) is 19.1. The number of hydrogen-bond acceptors (Lipinski definition) is 4. The summed E-state index contributed by atoms with van der Waals surface area (Å²) >= 11 is 0. The third-order valence-corrected chi connectivity index (χ3v) is 6.47. The lowest BCUT2D eigenvalue weighted by molar-refractivity contribution is -0.138. The summed E-state index contributed by atoms with van der Waals surface area (Å²) in [5, 5.41) is 3.94. The number of amides is 1. The summed E-state index contributed by atoms with van der Waals surface area (Å²) in [4.78, 5) is 19.4. The smallest absolute Gasteiger partial charge is 0.227 e. The van der Waals surface area contributed by atoms with Gasteiger partial charge in [0, 0.05) is 25.4 Å². The number of rotatable bonds is 4. The van der Waals surface area contributed by atoms with Crippen molar-refractivity contribution in [2.24, 2.45) is 23.7 Å². The average Bonchev–Trinajstić information content (AvgIpc) is 3.45. The van der Waals surface area contributed by atoms with Gasteiger partial charge in [0.2, 0.25) is 17.6 Å². The maximum absolute atomic E-state index is 13.9. The molecule has 146 valence electrons. The standard InChI is InChI=1S/C22H24FN3O2/c23-19-6-2-1-5-17(19)21-24-20(28-25-21)12-15-4-3-9-26(13-15)22(27)18-11-14-7-8-16(18)10-14/h1-2,5-8,14-16,18H,3-4,9-13H2/t14-,15+,16-,18-/m0/s1. The summed E-state index contributed by atoms with van der Waals surface area (Å²) in [5.74, 6) is 2.28. The number of piperidine rings is 1. The molecule has 1 aromatic carbocycles. The van der Waals surface area contributed by atoms with E-state index in [0.29, 0.717) is 41.5 Å². The highest BCUT2D eigenvalue weighted by Gasteiger charge is 2.42. The van der Waals surface area contributed by atoms with E-state index in [1.165, 1.54) is 6.07 Å². The molecule has 2 fully saturated rings. The molecular weight excluding hydrogens is 357 g/mol. The molecule has 0 spiro atoms. The summed E-state index contributed by atoms with van der Waals surface area (Å²) in [6.07, 6.45) is 9.34. The van der Waals surface area contributed by atoms with Crippen LogP contribution in [0.15, 0.2) is 40.9 Å². The fourth-order valence-electron chi connectivity index (χ4n) is 5.07. The number of aromatic nitrogens is 2. The lowest BCUT2D eigenvalue weighted by atomic mass is 9.89. The number of carbonyl (C=O) groups is 1. The van der Waals surface area contributed by atoms with Crippen LogP contribution in [0.5, 0.6) is 0 Å². The summed E-state index contributed by atoms with van der Waals surface area (Å²) < 4.78 is 19.3. The largest absolute Gasteiger partial charge is 0.342 e. The van der Waals surface area contributed by atoms with Crippen LogP contribution in [0, 0.1) is 29.5 Å². The van der Waals surface area contributed by atoms with Crippen molar-refractivity contribution < 1.29 is 13.7 Å². The second-order valence-corrected chi connectivity index (χ2v) is 8.37. The van der Waals surface area contributed by atoms with Crippen molar-refractivity contribution in [1.29, 1.82) is 0 Å². The Kier molecular flexibility index (Phi) is 4.49. The van der Waals surface area contributed by atoms with Gasteiger partial charge in [0.1, 0.15) is 5.82 Å². The Balaban J connectivity index is 1.23. The summed E-state index contributed by atoms with van der Waals surface area (Å²) in [7, 11) is 0. The lowest BCUT2D eigenvalue weighted by Gasteiger charge is -2.35. The van der Waals surface area contributed by atoms with Gasteiger partial charge in [0.25, 0.3) is 0 Å². The van der Waals surface area contributed by atoms with Gasteiger partial charge in [-0.1, -0.05) is 29.4 Å². The molecule has 2 heterocycles. The van der Waals surface area contributed by atoms with Crippen molar-refractivity contribution in [2.45, 2.75) is 32.1 Å². The average molecular weight is 381 g/mol. The third-order valence-electron chi connectivity index (χ3n) is 6.47. The SMILES string of the molecule is O=C([C@H]1C[C@H]2C=C[C@H]1C2)N1CCC[C@H](Cc2nc(-c3ccccc3F)no2)C1. The van der Waals surface area contributed by atoms with E-state index in [0.717, 1.165) is 38.8 Å². The van der Waals surface area contributed by atoms with Gasteiger partial charge in [0.15, 0.2) is 0 Å². The van der Waals surface area contributed by atoms with Gasteiger partial charge < -0.3 is 9.42 Å². The topological polar surface area (TPSA) is 59.2 Å². The fraction of sp³-hybridized carbons (Fsp3) is 0.500. The van der Waals surface area contributed by atoms with Gasteiger partial charge in [-0.3, -0.25) is 4.79 Å². The normalized spacial score (nSPS) is 28.8. The predicted octanol–water partition coefficient (Wildman–Crippen LogP) is 3.87. The van der Waals surface area contributed by atoms with Gasteiger partial charge in [0.05, 0.1) is 5.56 Å². The molecule has 1 aliphatic heterocycles. The predicted molar refractivity (Wildman–Crippen MR) is 102 cm³/mol. The number of benzene rings is 1. The molecule has 6 heteroatoms. The summed E-state index contributed by atoms with van der Waals surface area (Å²) in [6.45, 7) is 1.59. The number of nitrogens with zero attached hydrogens (tertiary/aromatic N) is 3. The Morgan fingerprint density at radius 3 is 2.93 bits per heavy atom. The Morgan fingerprint density at radius 1 is 1.25 bits per heavy atom. The van der Waals surface area contributed by atoms with Crippen molar-refractivity contribution in [3.63, 3.8) is 0 Å². The number of carbonyl (C=O) groups excluding carboxylic acids is 1. The van der Waals surface area contributed by atoms with Gasteiger partial charge in [-0.15, -0.1) is 0 Å². The van der Waals surface area contributed by atoms with E-state index in [1.54, 1.807) is 18.2 Å². The van der Waals surface area contributed by atoms with Crippen molar-refractivity contribution >= 4 is 5.91 Å². The highest BCUT2D eigenvalue weighted by atomic mass is 19.1. The van der Waals surface area contributed by atoms with Crippen LogP contribution in [0.3, 0.4) is 0 Å². The van der Waals surface area contributed by atoms with E-state index in [-0.39, 0.29) is 17.6 Å². The third kappa shape index (κ3) is 3.25. The van der Waals surface area contributed by atoms with Crippen LogP contribution in [-0.2, 0) is 11.2 Å². The van der Waals surface area contributed by atoms with Crippen LogP contribution in [0.4, 0.5) is 4.39 Å². The van der Waals surface area contributed by atoms with Crippen molar-refractivity contribution in [3.8, 4) is 11.4 Å². The monoisotopic (exact) mass is 381 g/mol. The molecule has 0 unspecified atom stereocenters. The Labute approximate surface area is 163 Å². The molecule has 2 aromatic rings. The Hall–Kier alpha value is -2.50. The lowest BCUT2D eigenvalue weighted by Crippen LogP contribution is -2.44. The Bertz CT molecular complexity index is 909. The van der Waals surface area contributed by atoms with Crippen molar-refractivity contribution in [2.75, 3.05) is 13.1 Å². The van der Waals surface area contributed by atoms with Crippen LogP contribution >= 0.6 is 0 Å². The van der Waals surface area contributed by atoms with Crippen LogP contribution in [0.1, 0.15) is 31.6 Å². The number of likely N-dealkylation sites (tertiary alicyclic amines) is 1. The van der Waals surface area contributed by atoms with Crippen LogP contribution < -0.4 is 0 Å². The van der Waals surface area contributed by atoms with Crippen LogP contribution in [0.25, 0.3) is 11.4 Å². The number of fused-ring (bicyclic) bond motifs is 2. The van der Waals surface area contributed by atoms with E-state index < -0.39 is 0 Å². The molecule has 5 nitrogen and oxygen atoms in total. The fourth-order valence-corrected chi connectivity index (χ4v) is 5.07. The summed E-state index contributed by atoms with van der Waals surface area (Å²) in [5.41, 5.74) is 0.349. The second kappa shape index (κ2) is 7.15. The maximum Gasteiger partial charge on any atom is 0.227 e. The van der Waals surface area contributed by atoms with Gasteiger partial charge >= 0.3 is 0 Å². The molecule has 1 saturated carbocycles. The van der Waals surface area contributed by atoms with Crippen LogP contribution in [-0.4, -0.2) is 34.0 Å². The van der Waals surface area contributed by atoms with E-state index in [4.69, 9.17) is 4.52 Å². The van der Waals surface area contributed by atoms with E-state index in [1.807, 2.05) is 4.90 Å². The molecule has 5 rings (SSSR count). The highest BCUT2D eigenvalue weighted by Crippen LogP contribution is 2.44. The molecule has 0 radical (unpaired) electrons. The highest BCUT2D eigenvalue weighted by molar-refractivity contribution is 5.80. The molecule has 2 bridgehead atoms. The molecule has 1 saturated heterocycles. The van der Waals surface area contributed by atoms with Crippen LogP contribution in [0.2, 0.25) is 0 Å². The molecule has 3 aliphatic rings. The molecule has 4 atom stereocenters. The molecule has 1 aromatic heterocycles. The summed E-state index contributed by atoms with van der Waals surface area (Å²) in [6, 6.07) is 6.43. The molecular formula is C22H24FN3O2. The van der Waals surface area contributed by atoms with Crippen molar-refractivity contribution in [3.05, 3.63) is 48.1 Å². The first-order valence-electron chi connectivity index (χ1n) is 10.2. The number of halogens is 1. The zero-order valence-corrected chi connectivity index (χ0v) is 15.8. The second-order valence-electron chi connectivity index (χ2n) is 8.37. The molecule has 1 amide bonds. The van der Waals surface area contributed by atoms with Gasteiger partial charge in [-0.25, -0.2) is 4.39 Å². The molecule has 28 heavy (non-hydrogen) atoms. The van der Waals surface area contributed by atoms with E-state index in [9.17, 15) is 9.18 Å². The number of hydrogen-bond donors (Lipinski definition) is 0. The first-order valence-corrected chi connectivity index (χ1v) is 10.2. The van der Waals surface area contributed by atoms with Crippen molar-refractivity contribution in [1.82, 2.24) is 15.0 Å². The molecule has 2 aliphatic carbocycles. The number of allylic oxidation sites excluding steroid dienone is 2. The zero-order valence-electron chi connectivity index (χ0n) is 15.8. The quantitative estimate of drug-likeness (QED) is 0.755. The van der Waals surface area contributed by atoms with Gasteiger partial charge in [-0.05, 0) is 55.6 Å². The first-order chi connectivity index (χ1) is 13.7. The molecule has 0 N–H and O–H groups in total. The first kappa shape index (κ1) is 17.6. The Morgan fingerprint density at radius 2 is 2.14 bits per heavy atom. The van der Waals surface area contributed by atoms with Gasteiger partial charge in [-0.2, -0.15) is 4.98 Å². The minimum absolute atomic E-state index is 0.171. The minimum atomic E-state index is -0.357. The maximum atomic E-state index is 13.9.